The molecule has 6 heterocycles. The van der Waals surface area contributed by atoms with Gasteiger partial charge in [0, 0.05) is 51.5 Å². The number of hydrogen-bond donors (Lipinski definition) is 0. The van der Waals surface area contributed by atoms with E-state index in [-0.39, 0.29) is 0 Å². The number of rotatable bonds is 3. The minimum Gasteiger partial charge on any atom is -0.373 e. The van der Waals surface area contributed by atoms with Gasteiger partial charge in [-0.2, -0.15) is 0 Å². The zero-order chi connectivity index (χ0) is 16.3. The maximum absolute atomic E-state index is 6.16. The third kappa shape index (κ3) is 4.10. The normalized spacial score (nSPS) is 44.0. The van der Waals surface area contributed by atoms with Crippen molar-refractivity contribution in [3.05, 3.63) is 0 Å². The van der Waals surface area contributed by atoms with Gasteiger partial charge in [-0.15, -0.1) is 0 Å². The highest BCUT2D eigenvalue weighted by Crippen LogP contribution is 2.32. The van der Waals surface area contributed by atoms with Crippen LogP contribution in [-0.2, 0) is 26.6 Å². The third-order valence-corrected chi connectivity index (χ3v) is 11.6. The van der Waals surface area contributed by atoms with Gasteiger partial charge < -0.3 is 26.6 Å². The second-order valence-corrected chi connectivity index (χ2v) is 12.5. The van der Waals surface area contributed by atoms with E-state index in [1.165, 1.54) is 0 Å². The highest BCUT2D eigenvalue weighted by molar-refractivity contribution is 6.66. The minimum absolute atomic E-state index is 0.680. The van der Waals surface area contributed by atoms with E-state index in [0.717, 1.165) is 70.8 Å². The first-order chi connectivity index (χ1) is 11.8. The van der Waals surface area contributed by atoms with Crippen molar-refractivity contribution in [2.75, 3.05) is 59.3 Å². The van der Waals surface area contributed by atoms with Crippen molar-refractivity contribution in [1.29, 1.82) is 0 Å². The molecule has 6 fully saturated rings. The van der Waals surface area contributed by atoms with Crippen LogP contribution in [0.3, 0.4) is 0 Å². The van der Waals surface area contributed by atoms with Gasteiger partial charge in [-0.3, -0.25) is 4.90 Å². The maximum Gasteiger partial charge on any atom is 0.501 e. The average molecular weight is 376 g/mol. The molecule has 0 atom stereocenters. The Morgan fingerprint density at radius 3 is 1.38 bits per heavy atom. The van der Waals surface area contributed by atoms with Gasteiger partial charge in [-0.1, -0.05) is 0 Å². The van der Waals surface area contributed by atoms with E-state index in [1.807, 2.05) is 0 Å². The molecular weight excluding hydrogens is 346 g/mol. The fraction of sp³-hybridized carbons (Fsp3) is 1.00. The van der Waals surface area contributed by atoms with Crippen molar-refractivity contribution in [3.63, 3.8) is 0 Å². The molecule has 0 aliphatic carbocycles. The average Bonchev–Trinajstić information content (AvgIpc) is 2.45. The van der Waals surface area contributed by atoms with Crippen LogP contribution in [0.2, 0.25) is 12.1 Å². The molecule has 0 unspecified atom stereocenters. The lowest BCUT2D eigenvalue weighted by atomic mass is 9.99. The lowest BCUT2D eigenvalue weighted by molar-refractivity contribution is -0.0124. The van der Waals surface area contributed by atoms with Crippen molar-refractivity contribution in [2.24, 2.45) is 5.92 Å². The molecule has 7 nitrogen and oxygen atoms in total. The van der Waals surface area contributed by atoms with Gasteiger partial charge in [-0.05, 0) is 25.2 Å². The van der Waals surface area contributed by atoms with E-state index < -0.39 is 17.6 Å². The third-order valence-electron chi connectivity index (χ3n) is 5.47. The monoisotopic (exact) mass is 375 g/mol. The summed E-state index contributed by atoms with van der Waals surface area (Å²) in [5, 5.41) is 0. The molecule has 6 aliphatic heterocycles. The Balaban J connectivity index is 1.43. The van der Waals surface area contributed by atoms with Crippen molar-refractivity contribution < 1.29 is 26.6 Å². The molecule has 138 valence electrons. The summed E-state index contributed by atoms with van der Waals surface area (Å²) in [5.74, 6) is 0.680. The zero-order valence-electron chi connectivity index (χ0n) is 14.4. The summed E-state index contributed by atoms with van der Waals surface area (Å²) in [7, 11) is -5.25. The molecule has 4 bridgehead atoms. The summed E-state index contributed by atoms with van der Waals surface area (Å²) < 4.78 is 36.9. The maximum atomic E-state index is 6.16. The van der Waals surface area contributed by atoms with Gasteiger partial charge in [0.25, 0.3) is 0 Å². The number of fused-ring (bicyclic) bond motifs is 12. The first kappa shape index (κ1) is 17.6. The van der Waals surface area contributed by atoms with E-state index in [9.17, 15) is 0 Å². The summed E-state index contributed by atoms with van der Waals surface area (Å²) in [6.45, 7) is 7.22. The fourth-order valence-electron chi connectivity index (χ4n) is 3.89. The molecule has 6 aliphatic rings. The van der Waals surface area contributed by atoms with Gasteiger partial charge in [-0.25, -0.2) is 0 Å². The molecule has 6 rings (SSSR count). The number of hydrogen-bond acceptors (Lipinski definition) is 7. The van der Waals surface area contributed by atoms with Gasteiger partial charge >= 0.3 is 17.6 Å². The Bertz CT molecular complexity index is 338. The van der Waals surface area contributed by atoms with Crippen LogP contribution < -0.4 is 0 Å². The molecule has 0 amide bonds. The van der Waals surface area contributed by atoms with Gasteiger partial charge in [0.15, 0.2) is 0 Å². The van der Waals surface area contributed by atoms with Crippen LogP contribution >= 0.6 is 0 Å². The molecule has 24 heavy (non-hydrogen) atoms. The molecule has 0 saturated carbocycles. The topological polar surface area (TPSA) is 58.6 Å². The quantitative estimate of drug-likeness (QED) is 0.685. The summed E-state index contributed by atoms with van der Waals surface area (Å²) in [4.78, 5) is 2.33. The van der Waals surface area contributed by atoms with Gasteiger partial charge in [0.2, 0.25) is 0 Å². The molecule has 0 aromatic rings. The molecule has 0 aromatic heterocycles. The summed E-state index contributed by atoms with van der Waals surface area (Å²) in [5.41, 5.74) is 0. The van der Waals surface area contributed by atoms with Crippen LogP contribution in [0.25, 0.3) is 0 Å². The summed E-state index contributed by atoms with van der Waals surface area (Å²) >= 11 is 0. The summed E-state index contributed by atoms with van der Waals surface area (Å²) in [6, 6.07) is 1.48. The van der Waals surface area contributed by atoms with Crippen LogP contribution in [0, 0.1) is 5.92 Å². The fourth-order valence-corrected chi connectivity index (χ4v) is 10.2. The van der Waals surface area contributed by atoms with Crippen LogP contribution in [0.4, 0.5) is 0 Å². The van der Waals surface area contributed by atoms with Crippen molar-refractivity contribution >= 4 is 17.6 Å². The van der Waals surface area contributed by atoms with E-state index in [2.05, 4.69) is 4.90 Å². The van der Waals surface area contributed by atoms with Crippen molar-refractivity contribution in [1.82, 2.24) is 4.90 Å². The Labute approximate surface area is 146 Å². The smallest absolute Gasteiger partial charge is 0.373 e. The van der Waals surface area contributed by atoms with Crippen molar-refractivity contribution in [2.45, 2.75) is 31.4 Å². The van der Waals surface area contributed by atoms with E-state index in [1.54, 1.807) is 0 Å². The first-order valence-corrected chi connectivity index (χ1v) is 13.2. The standard InChI is InChI=1S/C15H29NO6Si2/c1-7-17-23(18-8-2-15(1)3-9-19-23)13-14-24-20-10-4-16(5-11-21-24)6-12-22-24/h15H,1-14H2. The highest BCUT2D eigenvalue weighted by Gasteiger charge is 2.51. The Kier molecular flexibility index (Phi) is 5.71. The molecule has 6 saturated heterocycles. The van der Waals surface area contributed by atoms with E-state index in [0.29, 0.717) is 25.7 Å². The van der Waals surface area contributed by atoms with Crippen LogP contribution in [0.15, 0.2) is 0 Å². The minimum atomic E-state index is -2.64. The predicted octanol–water partition coefficient (Wildman–Crippen LogP) is 1.11. The first-order valence-electron chi connectivity index (χ1n) is 9.34. The van der Waals surface area contributed by atoms with E-state index >= 15 is 0 Å². The van der Waals surface area contributed by atoms with Crippen LogP contribution in [0.1, 0.15) is 19.3 Å². The molecule has 0 spiro atoms. The molecule has 0 aromatic carbocycles. The van der Waals surface area contributed by atoms with Crippen LogP contribution in [-0.4, -0.2) is 81.8 Å². The molecule has 0 radical (unpaired) electrons. The lowest BCUT2D eigenvalue weighted by Crippen LogP contribution is -2.57. The van der Waals surface area contributed by atoms with Crippen LogP contribution in [0.5, 0.6) is 0 Å². The summed E-state index contributed by atoms with van der Waals surface area (Å²) in [6.07, 6.45) is 3.39. The Morgan fingerprint density at radius 1 is 0.583 bits per heavy atom. The number of nitrogens with zero attached hydrogens (tertiary/aromatic N) is 1. The molecular formula is C15H29NO6Si2. The largest absolute Gasteiger partial charge is 0.501 e. The highest BCUT2D eigenvalue weighted by atomic mass is 28.4. The van der Waals surface area contributed by atoms with Gasteiger partial charge in [0.05, 0.1) is 19.8 Å². The zero-order valence-corrected chi connectivity index (χ0v) is 16.4. The van der Waals surface area contributed by atoms with Gasteiger partial charge in [0.1, 0.15) is 0 Å². The predicted molar refractivity (Wildman–Crippen MR) is 90.6 cm³/mol. The Morgan fingerprint density at radius 2 is 0.958 bits per heavy atom. The SMILES string of the molecule is C1CC2CCO[Si](CC[Si]34OCCN(CCO3)CCO4)(O1)OCC2. The Hall–Kier alpha value is 0.154. The van der Waals surface area contributed by atoms with Crippen molar-refractivity contribution in [3.8, 4) is 0 Å². The second kappa shape index (κ2) is 7.81. The van der Waals surface area contributed by atoms with E-state index in [4.69, 9.17) is 26.6 Å². The molecule has 0 N–H and O–H groups in total. The second-order valence-electron chi connectivity index (χ2n) is 7.03. The lowest BCUT2D eigenvalue weighted by Gasteiger charge is -2.40. The molecule has 9 heteroatoms.